The van der Waals surface area contributed by atoms with E-state index >= 15 is 0 Å². The molecule has 0 radical (unpaired) electrons. The first-order valence-electron chi connectivity index (χ1n) is 8.12. The van der Waals surface area contributed by atoms with Gasteiger partial charge in [0.2, 0.25) is 0 Å². The van der Waals surface area contributed by atoms with Crippen molar-refractivity contribution in [3.63, 3.8) is 0 Å². The average molecular weight is 326 g/mol. The number of nitrogen functional groups attached to an aromatic ring is 2. The molecule has 3 nitrogen and oxygen atoms in total. The fourth-order valence-corrected chi connectivity index (χ4v) is 3.17. The summed E-state index contributed by atoms with van der Waals surface area (Å²) in [5, 5.41) is 0. The molecule has 0 aliphatic rings. The lowest BCUT2D eigenvalue weighted by atomic mass is 9.88. The summed E-state index contributed by atoms with van der Waals surface area (Å²) >= 11 is 0. The molecular weight excluding hydrogens is 308 g/mol. The van der Waals surface area contributed by atoms with Gasteiger partial charge in [-0.2, -0.15) is 0 Å². The van der Waals surface area contributed by atoms with Crippen LogP contribution in [0.1, 0.15) is 0 Å². The van der Waals surface area contributed by atoms with Gasteiger partial charge in [0, 0.05) is 33.6 Å². The summed E-state index contributed by atoms with van der Waals surface area (Å²) in [4.78, 5) is 0. The summed E-state index contributed by atoms with van der Waals surface area (Å²) in [6.07, 6.45) is 1.68. The van der Waals surface area contributed by atoms with Crippen molar-refractivity contribution >= 4 is 11.4 Å². The molecule has 3 aromatic carbocycles. The topological polar surface area (TPSA) is 65.2 Å². The maximum Gasteiger partial charge on any atom is 0.134 e. The van der Waals surface area contributed by atoms with Crippen LogP contribution < -0.4 is 11.5 Å². The number of hydrogen-bond acceptors (Lipinski definition) is 3. The second-order valence-electron chi connectivity index (χ2n) is 5.88. The summed E-state index contributed by atoms with van der Waals surface area (Å²) in [5.74, 6) is 0.801. The molecule has 3 heteroatoms. The maximum atomic E-state index is 6.30. The van der Waals surface area contributed by atoms with Gasteiger partial charge in [-0.25, -0.2) is 0 Å². The van der Waals surface area contributed by atoms with Crippen LogP contribution in [0.5, 0.6) is 0 Å². The molecule has 0 saturated carbocycles. The number of furan rings is 1. The summed E-state index contributed by atoms with van der Waals surface area (Å²) in [6.45, 7) is 0. The van der Waals surface area contributed by atoms with Crippen LogP contribution in [0, 0.1) is 0 Å². The standard InChI is InChI=1S/C22H18N2O/c23-19-11-3-1-7-15(19)16-9-5-10-18(21-13-6-14-25-21)22(16)17-8-2-4-12-20(17)24/h1-14H,23-24H2. The molecule has 0 fully saturated rings. The van der Waals surface area contributed by atoms with E-state index in [1.165, 1.54) is 0 Å². The van der Waals surface area contributed by atoms with Crippen molar-refractivity contribution in [2.75, 3.05) is 11.5 Å². The number of anilines is 2. The van der Waals surface area contributed by atoms with Crippen LogP contribution in [0.3, 0.4) is 0 Å². The number of nitrogens with two attached hydrogens (primary N) is 2. The molecule has 1 heterocycles. The summed E-state index contributed by atoms with van der Waals surface area (Å²) < 4.78 is 5.67. The zero-order valence-corrected chi connectivity index (χ0v) is 13.6. The molecule has 0 bridgehead atoms. The van der Waals surface area contributed by atoms with Gasteiger partial charge in [0.25, 0.3) is 0 Å². The molecule has 0 aliphatic heterocycles. The Hall–Kier alpha value is -3.46. The first kappa shape index (κ1) is 15.1. The van der Waals surface area contributed by atoms with Gasteiger partial charge in [0.1, 0.15) is 5.76 Å². The molecule has 0 amide bonds. The third-order valence-electron chi connectivity index (χ3n) is 4.33. The highest BCUT2D eigenvalue weighted by Crippen LogP contribution is 2.43. The van der Waals surface area contributed by atoms with Crippen LogP contribution in [-0.2, 0) is 0 Å². The normalized spacial score (nSPS) is 10.7. The predicted molar refractivity (Wildman–Crippen MR) is 104 cm³/mol. The lowest BCUT2D eigenvalue weighted by Crippen LogP contribution is -1.96. The van der Waals surface area contributed by atoms with Crippen molar-refractivity contribution in [2.45, 2.75) is 0 Å². The Labute approximate surface area is 146 Å². The van der Waals surface area contributed by atoms with E-state index in [0.29, 0.717) is 0 Å². The van der Waals surface area contributed by atoms with Crippen molar-refractivity contribution in [3.8, 4) is 33.6 Å². The van der Waals surface area contributed by atoms with Crippen molar-refractivity contribution < 1.29 is 4.42 Å². The molecule has 4 N–H and O–H groups in total. The van der Waals surface area contributed by atoms with Gasteiger partial charge in [-0.05, 0) is 29.8 Å². The van der Waals surface area contributed by atoms with Gasteiger partial charge in [-0.1, -0.05) is 54.6 Å². The minimum absolute atomic E-state index is 0.720. The third-order valence-corrected chi connectivity index (χ3v) is 4.33. The number of rotatable bonds is 3. The Morgan fingerprint density at radius 1 is 0.520 bits per heavy atom. The largest absolute Gasteiger partial charge is 0.464 e. The fraction of sp³-hybridized carbons (Fsp3) is 0. The highest BCUT2D eigenvalue weighted by atomic mass is 16.3. The predicted octanol–water partition coefficient (Wildman–Crippen LogP) is 5.45. The molecule has 0 unspecified atom stereocenters. The van der Waals surface area contributed by atoms with E-state index in [-0.39, 0.29) is 0 Å². The van der Waals surface area contributed by atoms with Crippen LogP contribution in [0.25, 0.3) is 33.6 Å². The Kier molecular flexibility index (Phi) is 3.75. The average Bonchev–Trinajstić information content (AvgIpc) is 3.17. The van der Waals surface area contributed by atoms with E-state index in [0.717, 1.165) is 45.0 Å². The second-order valence-corrected chi connectivity index (χ2v) is 5.88. The lowest BCUT2D eigenvalue weighted by Gasteiger charge is -2.17. The first-order valence-corrected chi connectivity index (χ1v) is 8.12. The van der Waals surface area contributed by atoms with Crippen LogP contribution >= 0.6 is 0 Å². The monoisotopic (exact) mass is 326 g/mol. The SMILES string of the molecule is Nc1ccccc1-c1cccc(-c2ccco2)c1-c1ccccc1N. The van der Waals surface area contributed by atoms with Gasteiger partial charge in [-0.15, -0.1) is 0 Å². The van der Waals surface area contributed by atoms with E-state index in [9.17, 15) is 0 Å². The van der Waals surface area contributed by atoms with E-state index in [2.05, 4.69) is 6.07 Å². The molecule has 4 rings (SSSR count). The zero-order chi connectivity index (χ0) is 17.2. The fourth-order valence-electron chi connectivity index (χ4n) is 3.17. The highest BCUT2D eigenvalue weighted by molar-refractivity contribution is 5.99. The molecule has 0 aliphatic carbocycles. The van der Waals surface area contributed by atoms with E-state index in [1.54, 1.807) is 6.26 Å². The molecule has 122 valence electrons. The number of hydrogen-bond donors (Lipinski definition) is 2. The minimum atomic E-state index is 0.720. The number of para-hydroxylation sites is 2. The third kappa shape index (κ3) is 2.66. The Bertz CT molecular complexity index is 1020. The molecule has 0 spiro atoms. The molecule has 0 saturated heterocycles. The van der Waals surface area contributed by atoms with Crippen LogP contribution in [-0.4, -0.2) is 0 Å². The van der Waals surface area contributed by atoms with Crippen LogP contribution in [0.15, 0.2) is 89.5 Å². The van der Waals surface area contributed by atoms with Crippen molar-refractivity contribution in [1.82, 2.24) is 0 Å². The molecule has 4 aromatic rings. The first-order chi connectivity index (χ1) is 12.3. The molecule has 0 atom stereocenters. The van der Waals surface area contributed by atoms with E-state index in [1.807, 2.05) is 72.8 Å². The molecular formula is C22H18N2O. The Balaban J connectivity index is 2.08. The van der Waals surface area contributed by atoms with Crippen molar-refractivity contribution in [1.29, 1.82) is 0 Å². The zero-order valence-electron chi connectivity index (χ0n) is 13.6. The van der Waals surface area contributed by atoms with Gasteiger partial charge in [-0.3, -0.25) is 0 Å². The van der Waals surface area contributed by atoms with Crippen molar-refractivity contribution in [3.05, 3.63) is 85.1 Å². The van der Waals surface area contributed by atoms with Gasteiger partial charge in [0.05, 0.1) is 6.26 Å². The van der Waals surface area contributed by atoms with E-state index < -0.39 is 0 Å². The van der Waals surface area contributed by atoms with Gasteiger partial charge < -0.3 is 15.9 Å². The summed E-state index contributed by atoms with van der Waals surface area (Å²) in [5.41, 5.74) is 19.0. The molecule has 1 aromatic heterocycles. The maximum absolute atomic E-state index is 6.30. The molecule has 25 heavy (non-hydrogen) atoms. The van der Waals surface area contributed by atoms with Crippen molar-refractivity contribution in [2.24, 2.45) is 0 Å². The Morgan fingerprint density at radius 2 is 1.12 bits per heavy atom. The second kappa shape index (κ2) is 6.21. The van der Waals surface area contributed by atoms with Gasteiger partial charge in [0.15, 0.2) is 0 Å². The Morgan fingerprint density at radius 3 is 1.76 bits per heavy atom. The van der Waals surface area contributed by atoms with E-state index in [4.69, 9.17) is 15.9 Å². The highest BCUT2D eigenvalue weighted by Gasteiger charge is 2.18. The van der Waals surface area contributed by atoms with Crippen LogP contribution in [0.4, 0.5) is 11.4 Å². The summed E-state index contributed by atoms with van der Waals surface area (Å²) in [6, 6.07) is 25.7. The van der Waals surface area contributed by atoms with Crippen LogP contribution in [0.2, 0.25) is 0 Å². The lowest BCUT2D eigenvalue weighted by molar-refractivity contribution is 0.582. The smallest absolute Gasteiger partial charge is 0.134 e. The quantitative estimate of drug-likeness (QED) is 0.492. The minimum Gasteiger partial charge on any atom is -0.464 e. The van der Waals surface area contributed by atoms with Gasteiger partial charge >= 0.3 is 0 Å². The number of benzene rings is 3. The summed E-state index contributed by atoms with van der Waals surface area (Å²) in [7, 11) is 0.